The van der Waals surface area contributed by atoms with Crippen molar-refractivity contribution in [3.63, 3.8) is 0 Å². The average Bonchev–Trinajstić information content (AvgIpc) is 2.58. The Morgan fingerprint density at radius 1 is 0.885 bits per heavy atom. The second-order valence-electron chi connectivity index (χ2n) is 6.01. The van der Waals surface area contributed by atoms with Gasteiger partial charge in [0.2, 0.25) is 5.95 Å². The molecule has 0 aliphatic heterocycles. The maximum Gasteiger partial charge on any atom is 0.229 e. The Hall–Kier alpha value is -2.50. The highest BCUT2D eigenvalue weighted by atomic mass is 35.5. The first-order valence-corrected chi connectivity index (χ1v) is 8.79. The molecule has 3 aromatic rings. The third-order valence-corrected chi connectivity index (χ3v) is 4.34. The minimum absolute atomic E-state index is 0.424. The van der Waals surface area contributed by atoms with Crippen molar-refractivity contribution in [1.29, 1.82) is 0 Å². The Kier molecular flexibility index (Phi) is 5.49. The van der Waals surface area contributed by atoms with E-state index in [2.05, 4.69) is 20.6 Å². The summed E-state index contributed by atoms with van der Waals surface area (Å²) in [6.07, 6.45) is 0. The predicted octanol–water partition coefficient (Wildman–Crippen LogP) is 5.65. The van der Waals surface area contributed by atoms with Gasteiger partial charge >= 0.3 is 0 Å². The van der Waals surface area contributed by atoms with Crippen LogP contribution in [0.4, 0.5) is 28.8 Å². The molecule has 134 valence electrons. The lowest BCUT2D eigenvalue weighted by atomic mass is 10.2. The fraction of sp³-hybridized carbons (Fsp3) is 0.158. The number of rotatable bonds is 5. The molecule has 0 aliphatic carbocycles. The number of anilines is 5. The molecule has 0 amide bonds. The van der Waals surface area contributed by atoms with Gasteiger partial charge in [-0.2, -0.15) is 4.98 Å². The van der Waals surface area contributed by atoms with E-state index >= 15 is 0 Å². The fourth-order valence-corrected chi connectivity index (χ4v) is 2.90. The summed E-state index contributed by atoms with van der Waals surface area (Å²) >= 11 is 12.4. The summed E-state index contributed by atoms with van der Waals surface area (Å²) < 4.78 is 0. The molecule has 26 heavy (non-hydrogen) atoms. The Morgan fingerprint density at radius 3 is 2.15 bits per heavy atom. The van der Waals surface area contributed by atoms with Gasteiger partial charge in [0.25, 0.3) is 0 Å². The van der Waals surface area contributed by atoms with Crippen molar-refractivity contribution in [3.05, 3.63) is 64.3 Å². The SMILES string of the molecule is Cc1cc(Nc2ccc(N(C)C)cc2)nc(Nc2c(Cl)cccc2Cl)n1. The molecule has 0 saturated heterocycles. The molecule has 7 heteroatoms. The third-order valence-electron chi connectivity index (χ3n) is 3.71. The van der Waals surface area contributed by atoms with E-state index in [1.165, 1.54) is 0 Å². The Balaban J connectivity index is 1.83. The van der Waals surface area contributed by atoms with Crippen LogP contribution < -0.4 is 15.5 Å². The number of aryl methyl sites for hydroxylation is 1. The number of para-hydroxylation sites is 1. The van der Waals surface area contributed by atoms with E-state index in [0.717, 1.165) is 17.1 Å². The van der Waals surface area contributed by atoms with Crippen LogP contribution in [0.15, 0.2) is 48.5 Å². The van der Waals surface area contributed by atoms with Crippen LogP contribution in [0, 0.1) is 6.92 Å². The van der Waals surface area contributed by atoms with E-state index in [4.69, 9.17) is 23.2 Å². The van der Waals surface area contributed by atoms with E-state index in [9.17, 15) is 0 Å². The summed E-state index contributed by atoms with van der Waals surface area (Å²) in [5.74, 6) is 1.10. The van der Waals surface area contributed by atoms with Crippen molar-refractivity contribution >= 4 is 52.0 Å². The van der Waals surface area contributed by atoms with Crippen molar-refractivity contribution in [2.75, 3.05) is 29.6 Å². The smallest absolute Gasteiger partial charge is 0.229 e. The molecule has 0 atom stereocenters. The highest BCUT2D eigenvalue weighted by molar-refractivity contribution is 6.39. The van der Waals surface area contributed by atoms with Gasteiger partial charge in [0.05, 0.1) is 15.7 Å². The van der Waals surface area contributed by atoms with Gasteiger partial charge in [-0.15, -0.1) is 0 Å². The highest BCUT2D eigenvalue weighted by Gasteiger charge is 2.09. The number of aromatic nitrogens is 2. The minimum atomic E-state index is 0.424. The quantitative estimate of drug-likeness (QED) is 0.592. The zero-order valence-corrected chi connectivity index (χ0v) is 16.2. The van der Waals surface area contributed by atoms with Crippen LogP contribution in [-0.2, 0) is 0 Å². The Labute approximate surface area is 163 Å². The van der Waals surface area contributed by atoms with Gasteiger partial charge in [0, 0.05) is 37.2 Å². The normalized spacial score (nSPS) is 10.5. The molecule has 2 aromatic carbocycles. The van der Waals surface area contributed by atoms with Crippen LogP contribution in [0.3, 0.4) is 0 Å². The first kappa shape index (κ1) is 18.3. The molecule has 0 saturated carbocycles. The first-order valence-electron chi connectivity index (χ1n) is 8.03. The molecule has 3 rings (SSSR count). The van der Waals surface area contributed by atoms with Gasteiger partial charge < -0.3 is 15.5 Å². The molecule has 0 radical (unpaired) electrons. The summed E-state index contributed by atoms with van der Waals surface area (Å²) in [6, 6.07) is 15.3. The topological polar surface area (TPSA) is 53.1 Å². The number of halogens is 2. The number of nitrogens with zero attached hydrogens (tertiary/aromatic N) is 3. The van der Waals surface area contributed by atoms with Gasteiger partial charge in [0.1, 0.15) is 5.82 Å². The second-order valence-corrected chi connectivity index (χ2v) is 6.82. The molecule has 0 bridgehead atoms. The molecule has 2 N–H and O–H groups in total. The van der Waals surface area contributed by atoms with E-state index in [-0.39, 0.29) is 0 Å². The van der Waals surface area contributed by atoms with Crippen LogP contribution in [-0.4, -0.2) is 24.1 Å². The van der Waals surface area contributed by atoms with Crippen LogP contribution in [0.25, 0.3) is 0 Å². The lowest BCUT2D eigenvalue weighted by Crippen LogP contribution is -2.08. The Morgan fingerprint density at radius 2 is 1.54 bits per heavy atom. The van der Waals surface area contributed by atoms with E-state index < -0.39 is 0 Å². The molecule has 0 unspecified atom stereocenters. The van der Waals surface area contributed by atoms with E-state index in [0.29, 0.717) is 27.5 Å². The highest BCUT2D eigenvalue weighted by Crippen LogP contribution is 2.32. The summed E-state index contributed by atoms with van der Waals surface area (Å²) in [7, 11) is 4.02. The van der Waals surface area contributed by atoms with Crippen LogP contribution in [0.5, 0.6) is 0 Å². The molecular weight excluding hydrogens is 369 g/mol. The van der Waals surface area contributed by atoms with E-state index in [1.54, 1.807) is 18.2 Å². The van der Waals surface area contributed by atoms with Crippen molar-refractivity contribution in [3.8, 4) is 0 Å². The van der Waals surface area contributed by atoms with Gasteiger partial charge in [0.15, 0.2) is 0 Å². The fourth-order valence-electron chi connectivity index (χ4n) is 2.41. The van der Waals surface area contributed by atoms with Gasteiger partial charge in [-0.3, -0.25) is 0 Å². The Bertz CT molecular complexity index is 890. The number of nitrogens with one attached hydrogen (secondary N) is 2. The summed E-state index contributed by atoms with van der Waals surface area (Å²) in [5.41, 5.74) is 3.47. The molecule has 1 aromatic heterocycles. The van der Waals surface area contributed by atoms with Crippen LogP contribution >= 0.6 is 23.2 Å². The molecule has 5 nitrogen and oxygen atoms in total. The molecule has 0 spiro atoms. The first-order chi connectivity index (χ1) is 12.4. The number of hydrogen-bond acceptors (Lipinski definition) is 5. The van der Waals surface area contributed by atoms with Gasteiger partial charge in [-0.05, 0) is 43.3 Å². The third kappa shape index (κ3) is 4.36. The van der Waals surface area contributed by atoms with E-state index in [1.807, 2.05) is 56.3 Å². The predicted molar refractivity (Wildman–Crippen MR) is 111 cm³/mol. The largest absolute Gasteiger partial charge is 0.378 e. The maximum absolute atomic E-state index is 6.21. The van der Waals surface area contributed by atoms with Crippen molar-refractivity contribution in [2.45, 2.75) is 6.92 Å². The zero-order valence-electron chi connectivity index (χ0n) is 14.7. The van der Waals surface area contributed by atoms with Crippen molar-refractivity contribution in [1.82, 2.24) is 9.97 Å². The lowest BCUT2D eigenvalue weighted by molar-refractivity contribution is 1.11. The monoisotopic (exact) mass is 387 g/mol. The molecule has 1 heterocycles. The summed E-state index contributed by atoms with van der Waals surface area (Å²) in [6.45, 7) is 1.90. The maximum atomic E-state index is 6.21. The molecule has 0 fully saturated rings. The van der Waals surface area contributed by atoms with Crippen molar-refractivity contribution < 1.29 is 0 Å². The zero-order chi connectivity index (χ0) is 18.7. The van der Waals surface area contributed by atoms with Crippen molar-refractivity contribution in [2.24, 2.45) is 0 Å². The average molecular weight is 388 g/mol. The number of hydrogen-bond donors (Lipinski definition) is 2. The molecule has 0 aliphatic rings. The van der Waals surface area contributed by atoms with Gasteiger partial charge in [-0.25, -0.2) is 4.98 Å². The van der Waals surface area contributed by atoms with Crippen LogP contribution in [0.2, 0.25) is 10.0 Å². The lowest BCUT2D eigenvalue weighted by Gasteiger charge is -2.14. The van der Waals surface area contributed by atoms with Crippen LogP contribution in [0.1, 0.15) is 5.69 Å². The summed E-state index contributed by atoms with van der Waals surface area (Å²) in [4.78, 5) is 11.0. The van der Waals surface area contributed by atoms with Gasteiger partial charge in [-0.1, -0.05) is 29.3 Å². The summed E-state index contributed by atoms with van der Waals surface area (Å²) in [5, 5.41) is 7.41. The molecular formula is C19H19Cl2N5. The number of benzene rings is 2. The second kappa shape index (κ2) is 7.81. The standard InChI is InChI=1S/C19H19Cl2N5/c1-12-11-17(23-13-7-9-14(10-8-13)26(2)3)24-19(22-12)25-18-15(20)5-4-6-16(18)21/h4-11H,1-3H3,(H2,22,23,24,25). The minimum Gasteiger partial charge on any atom is -0.378 e.